The van der Waals surface area contributed by atoms with Gasteiger partial charge in [-0.05, 0) is 113 Å². The molecule has 0 spiro atoms. The van der Waals surface area contributed by atoms with Crippen molar-refractivity contribution in [3.05, 3.63) is 117 Å². The van der Waals surface area contributed by atoms with Crippen molar-refractivity contribution in [2.24, 2.45) is 0 Å². The summed E-state index contributed by atoms with van der Waals surface area (Å²) in [7, 11) is -8.58. The van der Waals surface area contributed by atoms with Crippen LogP contribution in [0.4, 0.5) is 11.4 Å². The number of para-hydroxylation sites is 1. The molecule has 3 heterocycles. The van der Waals surface area contributed by atoms with Crippen molar-refractivity contribution in [1.82, 2.24) is 10.2 Å². The van der Waals surface area contributed by atoms with Gasteiger partial charge in [0.15, 0.2) is 5.71 Å². The number of unbranched alkanes of at least 4 members (excludes halogenated alkanes) is 5. The van der Waals surface area contributed by atoms with Crippen molar-refractivity contribution in [3.63, 3.8) is 0 Å². The highest BCUT2D eigenvalue weighted by atomic mass is 32.2. The number of ether oxygens (including phenoxy) is 15. The number of allylic oxidation sites excluding steroid dienone is 7. The highest BCUT2D eigenvalue weighted by Crippen LogP contribution is 2.49. The molecule has 0 bridgehead atoms. The molecule has 2 aromatic rings. The van der Waals surface area contributed by atoms with Gasteiger partial charge in [-0.25, -0.2) is 0 Å². The molecule has 3 aliphatic heterocycles. The van der Waals surface area contributed by atoms with Gasteiger partial charge in [-0.15, -0.1) is 11.8 Å². The summed E-state index contributed by atoms with van der Waals surface area (Å²) in [6, 6.07) is 13.5. The standard InChI is InChI=1S/C97H158N4O40S3/c1-96(2)86-19-7-8-20-88(86)99(30-11-13-35-143(121,122)123)90(96)25-22-68-17-15-18-69(23-26-91-97(3,4)87-37-70(21-24-89(87)100(91)31-12-14-36-144(124,125)126)95(120)98-29-9-5-6-10-32-101-92(118)27-28-93(101)119)94(68)142-34-16-33-135-83(62-140-84(64-136-79(54-127-46-71(110)38-102)55-128-47-72(111)39-103)65-137-80(56-129-48-73(112)40-104)57-130-49-74(113)41-105)63-141-85(66-138-81(58-131-50-75(114)42-106)59-132-51-76(115)43-107)67-139-82(60-133-52-77(116)44-108)61-134-53-78(117)45-109/h7-8,19-28,37,71-85,102-117H,5-6,9-18,29-36,38-67H2,1-4H3,(H2-,98,120,121,122,123,124,125,126)/p+1. The Bertz CT molecular complexity index is 4180. The number of carbonyl (C=O) groups is 3. The van der Waals surface area contributed by atoms with E-state index in [9.17, 15) is 122 Å². The number of aliphatic hydroxyl groups is 16. The molecule has 44 nitrogen and oxygen atoms in total. The Morgan fingerprint density at radius 1 is 0.431 bits per heavy atom. The zero-order valence-electron chi connectivity index (χ0n) is 83.1. The van der Waals surface area contributed by atoms with Gasteiger partial charge in [0.1, 0.15) is 98.1 Å². The molecule has 3 amide bonds. The van der Waals surface area contributed by atoms with Crippen LogP contribution in [0.3, 0.4) is 0 Å². The molecular formula is C97H159N4O40S3+. The average molecular weight is 2120 g/mol. The Morgan fingerprint density at radius 2 is 0.812 bits per heavy atom. The van der Waals surface area contributed by atoms with Crippen LogP contribution in [0.1, 0.15) is 126 Å². The second-order valence-electron chi connectivity index (χ2n) is 36.7. The van der Waals surface area contributed by atoms with Crippen molar-refractivity contribution in [1.29, 1.82) is 0 Å². The lowest BCUT2D eigenvalue weighted by Gasteiger charge is -2.29. The number of rotatable bonds is 85. The van der Waals surface area contributed by atoms with Gasteiger partial charge in [0, 0.05) is 95.5 Å². The summed E-state index contributed by atoms with van der Waals surface area (Å²) in [5.74, 6) is -1.49. The van der Waals surface area contributed by atoms with Crippen molar-refractivity contribution in [2.45, 2.75) is 207 Å². The van der Waals surface area contributed by atoms with Gasteiger partial charge in [0.2, 0.25) is 5.69 Å². The molecule has 4 aliphatic rings. The minimum absolute atomic E-state index is 0.0128. The van der Waals surface area contributed by atoms with Crippen molar-refractivity contribution in [2.75, 3.05) is 253 Å². The molecule has 6 rings (SSSR count). The number of amides is 3. The Labute approximate surface area is 847 Å². The molecule has 824 valence electrons. The molecular weight excluding hydrogens is 1960 g/mol. The van der Waals surface area contributed by atoms with E-state index in [1.165, 1.54) is 17.1 Å². The number of thioether (sulfide) groups is 1. The lowest BCUT2D eigenvalue weighted by atomic mass is 9.81. The van der Waals surface area contributed by atoms with Crippen LogP contribution < -0.4 is 10.2 Å². The first-order valence-electron chi connectivity index (χ1n) is 49.0. The second-order valence-corrected chi connectivity index (χ2v) is 41.0. The largest absolute Gasteiger partial charge is 0.394 e. The van der Waals surface area contributed by atoms with Gasteiger partial charge >= 0.3 is 0 Å². The third-order valence-corrected chi connectivity index (χ3v) is 26.4. The summed E-state index contributed by atoms with van der Waals surface area (Å²) >= 11 is 1.57. The van der Waals surface area contributed by atoms with Crippen molar-refractivity contribution in [3.8, 4) is 0 Å². The summed E-state index contributed by atoms with van der Waals surface area (Å²) in [5, 5.41) is 162. The van der Waals surface area contributed by atoms with Gasteiger partial charge in [-0.2, -0.15) is 21.4 Å². The van der Waals surface area contributed by atoms with Crippen molar-refractivity contribution < 1.29 is 198 Å². The lowest BCUT2D eigenvalue weighted by molar-refractivity contribution is -0.438. The average Bonchev–Trinajstić information content (AvgIpc) is 1.59. The minimum atomic E-state index is -4.32. The summed E-state index contributed by atoms with van der Waals surface area (Å²) < 4.78 is 162. The number of imide groups is 1. The van der Waals surface area contributed by atoms with E-state index in [4.69, 9.17) is 71.1 Å². The van der Waals surface area contributed by atoms with Gasteiger partial charge < -0.3 is 163 Å². The SMILES string of the molecule is CC1(C)C(/C=C/C2=C(SCCCOC(COC(COC(COCC(O)CO)COCC(O)CO)COC(COCC(O)CO)COCC(O)CO)COC(COC(COCC(O)CO)COCC(O)CO)COC(COCC(O)CO)COCC(O)CO)C(=C/C=C3/N(CCCCS(=O)(=O)O)c4ccc(C(=O)NCCCCCCN5C(=O)C=CC5=O)cc4C3(C)C)/CCC2)=[N+](CCCCS(=O)(=O)O)c2ccccc21. The number of nitrogens with zero attached hydrogens (tertiary/aromatic N) is 3. The second kappa shape index (κ2) is 69.6. The van der Waals surface area contributed by atoms with E-state index in [2.05, 4.69) is 59.0 Å². The van der Waals surface area contributed by atoms with Gasteiger partial charge in [0.25, 0.3) is 38.0 Å². The maximum absolute atomic E-state index is 14.1. The summed E-state index contributed by atoms with van der Waals surface area (Å²) in [5.41, 5.74) is 6.32. The molecule has 47 heteroatoms. The smallest absolute Gasteiger partial charge is 0.264 e. The van der Waals surface area contributed by atoms with Crippen LogP contribution in [-0.2, 0) is 112 Å². The van der Waals surface area contributed by atoms with Gasteiger partial charge in [-0.3, -0.25) is 28.4 Å². The molecule has 8 atom stereocenters. The Balaban J connectivity index is 1.48. The number of carbonyl (C=O) groups excluding carboxylic acids is 3. The monoisotopic (exact) mass is 2120 g/mol. The molecule has 0 radical (unpaired) electrons. The minimum Gasteiger partial charge on any atom is -0.394 e. The predicted molar refractivity (Wildman–Crippen MR) is 527 cm³/mol. The maximum atomic E-state index is 14.1. The zero-order valence-corrected chi connectivity index (χ0v) is 85.6. The molecule has 144 heavy (non-hydrogen) atoms. The quantitative estimate of drug-likeness (QED) is 0.0163. The predicted octanol–water partition coefficient (Wildman–Crippen LogP) is -1.01. The summed E-state index contributed by atoms with van der Waals surface area (Å²) in [4.78, 5) is 42.5. The summed E-state index contributed by atoms with van der Waals surface area (Å²) in [6.07, 6.45) is -0.861. The fourth-order valence-electron chi connectivity index (χ4n) is 15.6. The van der Waals surface area contributed by atoms with E-state index in [0.29, 0.717) is 88.9 Å². The highest BCUT2D eigenvalue weighted by Gasteiger charge is 2.45. The number of hydrogen-bond donors (Lipinski definition) is 19. The zero-order chi connectivity index (χ0) is 105. The van der Waals surface area contributed by atoms with Gasteiger partial charge in [0.05, 0.1) is 215 Å². The third kappa shape index (κ3) is 48.2. The molecule has 8 unspecified atom stereocenters. The molecule has 0 saturated heterocycles. The first-order valence-corrected chi connectivity index (χ1v) is 53.2. The fourth-order valence-corrected chi connectivity index (χ4v) is 17.9. The lowest BCUT2D eigenvalue weighted by Crippen LogP contribution is -2.40. The van der Waals surface area contributed by atoms with E-state index in [1.807, 2.05) is 44.2 Å². The third-order valence-electron chi connectivity index (χ3n) is 23.5. The van der Waals surface area contributed by atoms with Gasteiger partial charge in [-0.1, -0.05) is 57.0 Å². The maximum Gasteiger partial charge on any atom is 0.264 e. The first kappa shape index (κ1) is 127. The molecule has 1 aliphatic carbocycles. The van der Waals surface area contributed by atoms with Crippen LogP contribution >= 0.6 is 11.8 Å². The number of fused-ring (bicyclic) bond motifs is 2. The summed E-state index contributed by atoms with van der Waals surface area (Å²) in [6.45, 7) is -2.50. The molecule has 2 aromatic carbocycles. The van der Waals surface area contributed by atoms with Crippen LogP contribution in [0.15, 0.2) is 101 Å². The van der Waals surface area contributed by atoms with E-state index < -0.39 is 187 Å². The van der Waals surface area contributed by atoms with E-state index in [-0.39, 0.29) is 183 Å². The Hall–Kier alpha value is -5.85. The van der Waals surface area contributed by atoms with Crippen LogP contribution in [-0.4, -0.2) is 480 Å². The number of benzene rings is 2. The number of nitrogens with one attached hydrogen (secondary N) is 1. The normalized spacial score (nSPS) is 18.8. The number of hydrogen-bond acceptors (Lipinski definition) is 40. The molecule has 0 aromatic heterocycles. The fraction of sp³-hybridized carbons (Fsp3) is 0.732. The molecule has 19 N–H and O–H groups in total. The van der Waals surface area contributed by atoms with E-state index >= 15 is 0 Å². The van der Waals surface area contributed by atoms with Crippen molar-refractivity contribution >= 4 is 66.8 Å². The number of anilines is 1. The van der Waals surface area contributed by atoms with Crippen LogP contribution in [0.2, 0.25) is 0 Å². The van der Waals surface area contributed by atoms with Crippen LogP contribution in [0.25, 0.3) is 0 Å². The van der Waals surface area contributed by atoms with Crippen LogP contribution in [0.5, 0.6) is 0 Å². The highest BCUT2D eigenvalue weighted by molar-refractivity contribution is 8.03. The van der Waals surface area contributed by atoms with Crippen LogP contribution in [0, 0.1) is 0 Å². The molecule has 0 saturated carbocycles. The molecule has 0 fully saturated rings. The number of aliphatic hydroxyl groups excluding tert-OH is 16. The Kier molecular flexibility index (Phi) is 61.3. The van der Waals surface area contributed by atoms with E-state index in [1.54, 1.807) is 17.8 Å². The Morgan fingerprint density at radius 3 is 1.23 bits per heavy atom. The topological polar surface area (TPSA) is 644 Å². The van der Waals surface area contributed by atoms with E-state index in [0.717, 1.165) is 62.8 Å². The first-order chi connectivity index (χ1) is 68.9.